The number of hydrogen-bond donors (Lipinski definition) is 1. The molecule has 1 saturated heterocycles. The Hall–Kier alpha value is -3.42. The van der Waals surface area contributed by atoms with E-state index < -0.39 is 0 Å². The lowest BCUT2D eigenvalue weighted by molar-refractivity contribution is -0.121. The van der Waals surface area contributed by atoms with Gasteiger partial charge < -0.3 is 29.2 Å². The first-order chi connectivity index (χ1) is 14.6. The highest BCUT2D eigenvalue weighted by Gasteiger charge is 2.32. The van der Waals surface area contributed by atoms with E-state index in [1.807, 2.05) is 12.1 Å². The van der Waals surface area contributed by atoms with Crippen LogP contribution in [-0.4, -0.2) is 51.8 Å². The fourth-order valence-electron chi connectivity index (χ4n) is 3.71. The number of carbonyl (C=O) groups excluding carboxylic acids is 2. The fourth-order valence-corrected chi connectivity index (χ4v) is 3.71. The molecule has 0 bridgehead atoms. The molecular formula is C22H24N2O6. The molecule has 2 amide bonds. The summed E-state index contributed by atoms with van der Waals surface area (Å²) in [4.78, 5) is 26.7. The number of methoxy groups -OCH3 is 2. The van der Waals surface area contributed by atoms with Crippen LogP contribution in [0.5, 0.6) is 23.0 Å². The van der Waals surface area contributed by atoms with E-state index in [-0.39, 0.29) is 30.7 Å². The Labute approximate surface area is 174 Å². The van der Waals surface area contributed by atoms with Gasteiger partial charge in [0.1, 0.15) is 13.2 Å². The molecule has 8 heteroatoms. The third-order valence-electron chi connectivity index (χ3n) is 5.14. The molecule has 2 aliphatic rings. The van der Waals surface area contributed by atoms with Crippen LogP contribution < -0.4 is 29.2 Å². The second-order valence-electron chi connectivity index (χ2n) is 7.17. The Kier molecular flexibility index (Phi) is 5.65. The van der Waals surface area contributed by atoms with Crippen LogP contribution in [0.4, 0.5) is 5.69 Å². The number of nitrogens with one attached hydrogen (secondary N) is 1. The lowest BCUT2D eigenvalue weighted by Gasteiger charge is -2.22. The first-order valence-corrected chi connectivity index (χ1v) is 9.77. The van der Waals surface area contributed by atoms with E-state index in [0.29, 0.717) is 42.8 Å². The van der Waals surface area contributed by atoms with Gasteiger partial charge in [-0.15, -0.1) is 0 Å². The Morgan fingerprint density at radius 3 is 2.60 bits per heavy atom. The summed E-state index contributed by atoms with van der Waals surface area (Å²) >= 11 is 0. The summed E-state index contributed by atoms with van der Waals surface area (Å²) < 4.78 is 21.6. The van der Waals surface area contributed by atoms with Crippen LogP contribution in [0.15, 0.2) is 36.4 Å². The van der Waals surface area contributed by atoms with Crippen LogP contribution in [-0.2, 0) is 16.0 Å². The van der Waals surface area contributed by atoms with Gasteiger partial charge in [-0.3, -0.25) is 9.59 Å². The maximum atomic E-state index is 12.5. The topological polar surface area (TPSA) is 86.3 Å². The number of hydrogen-bond acceptors (Lipinski definition) is 6. The molecule has 0 saturated carbocycles. The minimum atomic E-state index is -0.252. The summed E-state index contributed by atoms with van der Waals surface area (Å²) in [6.45, 7) is 1.42. The smallest absolute Gasteiger partial charge is 0.229 e. The minimum Gasteiger partial charge on any atom is -0.493 e. The van der Waals surface area contributed by atoms with Crippen LogP contribution in [0.1, 0.15) is 12.0 Å². The Bertz CT molecular complexity index is 961. The monoisotopic (exact) mass is 412 g/mol. The summed E-state index contributed by atoms with van der Waals surface area (Å²) in [6.07, 6.45) is 0.446. The number of benzene rings is 2. The molecule has 1 N–H and O–H groups in total. The molecule has 30 heavy (non-hydrogen) atoms. The first kappa shape index (κ1) is 19.9. The summed E-state index contributed by atoms with van der Waals surface area (Å²) in [5.74, 6) is 2.30. The fraction of sp³-hybridized carbons (Fsp3) is 0.364. The summed E-state index contributed by atoms with van der Waals surface area (Å²) in [5.41, 5.74) is 1.54. The molecule has 2 aromatic rings. The zero-order chi connectivity index (χ0) is 21.1. The second kappa shape index (κ2) is 8.52. The summed E-state index contributed by atoms with van der Waals surface area (Å²) in [6, 6.07) is 10.6. The number of fused-ring (bicyclic) bond motifs is 1. The van der Waals surface area contributed by atoms with E-state index in [1.165, 1.54) is 0 Å². The van der Waals surface area contributed by atoms with Gasteiger partial charge in [-0.25, -0.2) is 0 Å². The van der Waals surface area contributed by atoms with E-state index in [1.54, 1.807) is 43.4 Å². The molecule has 1 fully saturated rings. The third kappa shape index (κ3) is 4.12. The molecule has 2 heterocycles. The van der Waals surface area contributed by atoms with Crippen molar-refractivity contribution in [2.75, 3.05) is 38.9 Å². The van der Waals surface area contributed by atoms with Crippen molar-refractivity contribution in [1.82, 2.24) is 5.32 Å². The molecule has 8 nitrogen and oxygen atoms in total. The van der Waals surface area contributed by atoms with Crippen molar-refractivity contribution >= 4 is 17.5 Å². The zero-order valence-corrected chi connectivity index (χ0v) is 17.0. The molecule has 0 unspecified atom stereocenters. The molecular weight excluding hydrogens is 388 g/mol. The molecule has 1 atom stereocenters. The van der Waals surface area contributed by atoms with Crippen LogP contribution in [0.25, 0.3) is 0 Å². The molecule has 0 spiro atoms. The van der Waals surface area contributed by atoms with Crippen molar-refractivity contribution in [3.63, 3.8) is 0 Å². The normalized spacial score (nSPS) is 17.6. The van der Waals surface area contributed by atoms with E-state index in [0.717, 1.165) is 11.3 Å². The van der Waals surface area contributed by atoms with Crippen molar-refractivity contribution < 1.29 is 28.5 Å². The standard InChI is InChI=1S/C22H24N2O6/c1-27-17-5-3-14(9-19(17)28-2)10-21(25)23-15-11-22(26)24(13-15)16-4-6-18-20(12-16)30-8-7-29-18/h3-6,9,12,15H,7-8,10-11,13H2,1-2H3,(H,23,25)/t15-/m0/s1. The Morgan fingerprint density at radius 2 is 1.83 bits per heavy atom. The minimum absolute atomic E-state index is 0.0388. The third-order valence-corrected chi connectivity index (χ3v) is 5.14. The number of rotatable bonds is 6. The highest BCUT2D eigenvalue weighted by atomic mass is 16.6. The van der Waals surface area contributed by atoms with Crippen LogP contribution in [0.2, 0.25) is 0 Å². The van der Waals surface area contributed by atoms with Crippen LogP contribution >= 0.6 is 0 Å². The van der Waals surface area contributed by atoms with Gasteiger partial charge in [0.15, 0.2) is 23.0 Å². The first-order valence-electron chi connectivity index (χ1n) is 9.77. The zero-order valence-electron chi connectivity index (χ0n) is 17.0. The summed E-state index contributed by atoms with van der Waals surface area (Å²) in [5, 5.41) is 2.96. The second-order valence-corrected chi connectivity index (χ2v) is 7.17. The van der Waals surface area contributed by atoms with E-state index in [9.17, 15) is 9.59 Å². The van der Waals surface area contributed by atoms with E-state index in [4.69, 9.17) is 18.9 Å². The highest BCUT2D eigenvalue weighted by Crippen LogP contribution is 2.35. The molecule has 0 aliphatic carbocycles. The molecule has 2 aliphatic heterocycles. The summed E-state index contributed by atoms with van der Waals surface area (Å²) in [7, 11) is 3.12. The van der Waals surface area contributed by atoms with Crippen LogP contribution in [0.3, 0.4) is 0 Å². The molecule has 2 aromatic carbocycles. The molecule has 0 aromatic heterocycles. The number of amides is 2. The number of carbonyl (C=O) groups is 2. The molecule has 4 rings (SSSR count). The maximum Gasteiger partial charge on any atom is 0.229 e. The quantitative estimate of drug-likeness (QED) is 0.781. The number of anilines is 1. The lowest BCUT2D eigenvalue weighted by Crippen LogP contribution is -2.38. The predicted octanol–water partition coefficient (Wildman–Crippen LogP) is 1.94. The van der Waals surface area contributed by atoms with E-state index in [2.05, 4.69) is 5.32 Å². The largest absolute Gasteiger partial charge is 0.493 e. The number of ether oxygens (including phenoxy) is 4. The highest BCUT2D eigenvalue weighted by molar-refractivity contribution is 5.97. The average Bonchev–Trinajstić information content (AvgIpc) is 3.12. The van der Waals surface area contributed by atoms with Gasteiger partial charge in [0, 0.05) is 24.7 Å². The van der Waals surface area contributed by atoms with Gasteiger partial charge >= 0.3 is 0 Å². The van der Waals surface area contributed by atoms with Crippen molar-refractivity contribution in [3.8, 4) is 23.0 Å². The van der Waals surface area contributed by atoms with Gasteiger partial charge in [-0.1, -0.05) is 6.07 Å². The van der Waals surface area contributed by atoms with Crippen molar-refractivity contribution in [3.05, 3.63) is 42.0 Å². The van der Waals surface area contributed by atoms with Gasteiger partial charge in [0.2, 0.25) is 11.8 Å². The van der Waals surface area contributed by atoms with Gasteiger partial charge in [0.25, 0.3) is 0 Å². The van der Waals surface area contributed by atoms with Crippen molar-refractivity contribution in [2.24, 2.45) is 0 Å². The van der Waals surface area contributed by atoms with Crippen molar-refractivity contribution in [1.29, 1.82) is 0 Å². The lowest BCUT2D eigenvalue weighted by atomic mass is 10.1. The van der Waals surface area contributed by atoms with Crippen molar-refractivity contribution in [2.45, 2.75) is 18.9 Å². The van der Waals surface area contributed by atoms with Gasteiger partial charge in [-0.2, -0.15) is 0 Å². The van der Waals surface area contributed by atoms with Gasteiger partial charge in [0.05, 0.1) is 26.7 Å². The number of nitrogens with zero attached hydrogens (tertiary/aromatic N) is 1. The Balaban J connectivity index is 1.38. The Morgan fingerprint density at radius 1 is 1.07 bits per heavy atom. The molecule has 0 radical (unpaired) electrons. The maximum absolute atomic E-state index is 12.5. The average molecular weight is 412 g/mol. The molecule has 158 valence electrons. The van der Waals surface area contributed by atoms with Gasteiger partial charge in [-0.05, 0) is 29.8 Å². The SMILES string of the molecule is COc1ccc(CC(=O)N[C@H]2CC(=O)N(c3ccc4c(c3)OCCO4)C2)cc1OC. The van der Waals surface area contributed by atoms with E-state index >= 15 is 0 Å². The predicted molar refractivity (Wildman–Crippen MR) is 110 cm³/mol. The van der Waals surface area contributed by atoms with Crippen LogP contribution in [0, 0.1) is 0 Å².